The smallest absolute Gasteiger partial charge is 0.269 e. The molecule has 0 aliphatic carbocycles. The predicted octanol–water partition coefficient (Wildman–Crippen LogP) is 3.01. The molecule has 0 aromatic heterocycles. The Labute approximate surface area is 119 Å². The molecule has 1 atom stereocenters. The minimum atomic E-state index is -0.477. The fraction of sp³-hybridized carbons (Fsp3) is 0.133. The number of phenolic OH excluding ortho intramolecular Hbond substituents is 1. The molecule has 0 saturated carbocycles. The molecule has 1 N–H and O–H groups in total. The molecule has 21 heavy (non-hydrogen) atoms. The standard InChI is InChI=1S/C15H11NO5/c17-11-5-6-14-12(7-11)13(18)8-15(21-14)9-1-3-10(4-2-9)16(19)20/h1-7,15,17H,8H2. The summed E-state index contributed by atoms with van der Waals surface area (Å²) in [6, 6.07) is 10.3. The average molecular weight is 285 g/mol. The number of Topliss-reactive ketones (excluding diaryl/α,β-unsaturated/α-hetero) is 1. The van der Waals surface area contributed by atoms with Crippen LogP contribution in [0, 0.1) is 10.1 Å². The second-order valence-corrected chi connectivity index (χ2v) is 4.76. The molecular formula is C15H11NO5. The largest absolute Gasteiger partial charge is 0.508 e. The van der Waals surface area contributed by atoms with E-state index in [2.05, 4.69) is 0 Å². The van der Waals surface area contributed by atoms with E-state index in [1.807, 2.05) is 0 Å². The third-order valence-electron chi connectivity index (χ3n) is 3.38. The zero-order valence-corrected chi connectivity index (χ0v) is 10.9. The Hall–Kier alpha value is -2.89. The van der Waals surface area contributed by atoms with E-state index in [0.29, 0.717) is 16.9 Å². The number of aromatic hydroxyl groups is 1. The molecule has 1 unspecified atom stereocenters. The number of phenols is 1. The first-order chi connectivity index (χ1) is 10.0. The molecule has 0 saturated heterocycles. The number of carbonyl (C=O) groups is 1. The molecule has 2 aromatic rings. The molecule has 6 heteroatoms. The van der Waals surface area contributed by atoms with E-state index in [0.717, 1.165) is 0 Å². The zero-order valence-electron chi connectivity index (χ0n) is 10.9. The summed E-state index contributed by atoms with van der Waals surface area (Å²) in [6.07, 6.45) is -0.343. The average Bonchev–Trinajstić information content (AvgIpc) is 2.48. The van der Waals surface area contributed by atoms with Crippen molar-refractivity contribution in [3.8, 4) is 11.5 Å². The zero-order chi connectivity index (χ0) is 15.0. The molecule has 1 aliphatic rings. The number of non-ortho nitro benzene ring substituents is 1. The van der Waals surface area contributed by atoms with E-state index in [-0.39, 0.29) is 23.6 Å². The van der Waals surface area contributed by atoms with Gasteiger partial charge in [0.1, 0.15) is 17.6 Å². The SMILES string of the molecule is O=C1CC(c2ccc([N+](=O)[O-])cc2)Oc2ccc(O)cc21. The van der Waals surface area contributed by atoms with E-state index in [9.17, 15) is 20.0 Å². The van der Waals surface area contributed by atoms with Crippen molar-refractivity contribution in [1.82, 2.24) is 0 Å². The fourth-order valence-electron chi connectivity index (χ4n) is 2.31. The van der Waals surface area contributed by atoms with Crippen molar-refractivity contribution in [3.05, 3.63) is 63.7 Å². The molecule has 1 heterocycles. The van der Waals surface area contributed by atoms with E-state index in [4.69, 9.17) is 4.74 Å². The number of fused-ring (bicyclic) bond motifs is 1. The van der Waals surface area contributed by atoms with Crippen molar-refractivity contribution in [1.29, 1.82) is 0 Å². The molecular weight excluding hydrogens is 274 g/mol. The van der Waals surface area contributed by atoms with E-state index >= 15 is 0 Å². The van der Waals surface area contributed by atoms with E-state index in [1.54, 1.807) is 18.2 Å². The first kappa shape index (κ1) is 13.1. The van der Waals surface area contributed by atoms with Gasteiger partial charge in [-0.2, -0.15) is 0 Å². The van der Waals surface area contributed by atoms with Gasteiger partial charge in [0.15, 0.2) is 5.78 Å². The summed E-state index contributed by atoms with van der Waals surface area (Å²) in [5.74, 6) is 0.294. The van der Waals surface area contributed by atoms with Gasteiger partial charge in [-0.15, -0.1) is 0 Å². The van der Waals surface area contributed by atoms with Crippen LogP contribution in [-0.2, 0) is 0 Å². The van der Waals surface area contributed by atoms with Crippen LogP contribution in [0.4, 0.5) is 5.69 Å². The third kappa shape index (κ3) is 2.43. The van der Waals surface area contributed by atoms with Crippen molar-refractivity contribution in [2.24, 2.45) is 0 Å². The van der Waals surface area contributed by atoms with Crippen LogP contribution >= 0.6 is 0 Å². The maximum atomic E-state index is 12.1. The Morgan fingerprint density at radius 3 is 2.57 bits per heavy atom. The highest BCUT2D eigenvalue weighted by Gasteiger charge is 2.28. The van der Waals surface area contributed by atoms with Crippen LogP contribution in [-0.4, -0.2) is 15.8 Å². The van der Waals surface area contributed by atoms with Crippen molar-refractivity contribution < 1.29 is 19.6 Å². The summed E-state index contributed by atoms with van der Waals surface area (Å²) < 4.78 is 5.74. The Kier molecular flexibility index (Phi) is 3.06. The van der Waals surface area contributed by atoms with Gasteiger partial charge in [0.2, 0.25) is 0 Å². The lowest BCUT2D eigenvalue weighted by Crippen LogP contribution is -2.20. The lowest BCUT2D eigenvalue weighted by Gasteiger charge is -2.25. The summed E-state index contributed by atoms with van der Waals surface area (Å²) in [6.45, 7) is 0. The molecule has 0 spiro atoms. The Balaban J connectivity index is 1.90. The van der Waals surface area contributed by atoms with Gasteiger partial charge in [-0.25, -0.2) is 0 Å². The molecule has 0 radical (unpaired) electrons. The van der Waals surface area contributed by atoms with Crippen LogP contribution in [0.2, 0.25) is 0 Å². The summed E-state index contributed by atoms with van der Waals surface area (Å²) in [4.78, 5) is 22.3. The third-order valence-corrected chi connectivity index (χ3v) is 3.38. The van der Waals surface area contributed by atoms with Crippen LogP contribution in [0.3, 0.4) is 0 Å². The highest BCUT2D eigenvalue weighted by molar-refractivity contribution is 6.00. The van der Waals surface area contributed by atoms with Crippen molar-refractivity contribution in [2.75, 3.05) is 0 Å². The normalized spacial score (nSPS) is 17.0. The number of nitrogens with zero attached hydrogens (tertiary/aromatic N) is 1. The number of nitro benzene ring substituents is 1. The Morgan fingerprint density at radius 2 is 1.90 bits per heavy atom. The quantitative estimate of drug-likeness (QED) is 0.676. The highest BCUT2D eigenvalue weighted by atomic mass is 16.6. The van der Waals surface area contributed by atoms with Gasteiger partial charge in [0.05, 0.1) is 16.9 Å². The number of carbonyl (C=O) groups excluding carboxylic acids is 1. The summed E-state index contributed by atoms with van der Waals surface area (Å²) in [5, 5.41) is 20.0. The fourth-order valence-corrected chi connectivity index (χ4v) is 2.31. The lowest BCUT2D eigenvalue weighted by atomic mass is 9.96. The minimum absolute atomic E-state index is 0.00814. The molecule has 6 nitrogen and oxygen atoms in total. The van der Waals surface area contributed by atoms with Crippen molar-refractivity contribution in [3.63, 3.8) is 0 Å². The van der Waals surface area contributed by atoms with Gasteiger partial charge in [0.25, 0.3) is 5.69 Å². The second kappa shape index (κ2) is 4.90. The Bertz CT molecular complexity index is 723. The summed E-state index contributed by atoms with van der Waals surface area (Å²) in [7, 11) is 0. The van der Waals surface area contributed by atoms with Gasteiger partial charge in [-0.1, -0.05) is 0 Å². The number of hydrogen-bond donors (Lipinski definition) is 1. The van der Waals surface area contributed by atoms with Gasteiger partial charge in [0, 0.05) is 12.1 Å². The number of nitro groups is 1. The van der Waals surface area contributed by atoms with Crippen molar-refractivity contribution in [2.45, 2.75) is 12.5 Å². The molecule has 106 valence electrons. The van der Waals surface area contributed by atoms with Gasteiger partial charge in [-0.3, -0.25) is 14.9 Å². The lowest BCUT2D eigenvalue weighted by molar-refractivity contribution is -0.384. The minimum Gasteiger partial charge on any atom is -0.508 e. The number of benzene rings is 2. The van der Waals surface area contributed by atoms with Crippen LogP contribution in [0.25, 0.3) is 0 Å². The van der Waals surface area contributed by atoms with Crippen LogP contribution in [0.5, 0.6) is 11.5 Å². The second-order valence-electron chi connectivity index (χ2n) is 4.76. The van der Waals surface area contributed by atoms with Gasteiger partial charge in [-0.05, 0) is 35.9 Å². The van der Waals surface area contributed by atoms with Crippen molar-refractivity contribution >= 4 is 11.5 Å². The van der Waals surface area contributed by atoms with Gasteiger partial charge >= 0.3 is 0 Å². The van der Waals surface area contributed by atoms with E-state index in [1.165, 1.54) is 24.3 Å². The monoisotopic (exact) mass is 285 g/mol. The molecule has 1 aliphatic heterocycles. The number of ketones is 1. The van der Waals surface area contributed by atoms with Gasteiger partial charge < -0.3 is 9.84 Å². The summed E-state index contributed by atoms with van der Waals surface area (Å²) >= 11 is 0. The number of rotatable bonds is 2. The number of hydrogen-bond acceptors (Lipinski definition) is 5. The van der Waals surface area contributed by atoms with E-state index < -0.39 is 11.0 Å². The number of ether oxygens (including phenoxy) is 1. The summed E-state index contributed by atoms with van der Waals surface area (Å²) in [5.41, 5.74) is 1.05. The topological polar surface area (TPSA) is 89.7 Å². The highest BCUT2D eigenvalue weighted by Crippen LogP contribution is 2.36. The predicted molar refractivity (Wildman–Crippen MR) is 73.5 cm³/mol. The molecule has 3 rings (SSSR count). The molecule has 0 fully saturated rings. The maximum absolute atomic E-state index is 12.1. The van der Waals surface area contributed by atoms with Crippen LogP contribution in [0.15, 0.2) is 42.5 Å². The molecule has 0 amide bonds. The first-order valence-corrected chi connectivity index (χ1v) is 6.32. The maximum Gasteiger partial charge on any atom is 0.269 e. The van der Waals surface area contributed by atoms with Crippen LogP contribution < -0.4 is 4.74 Å². The first-order valence-electron chi connectivity index (χ1n) is 6.32. The molecule has 2 aromatic carbocycles. The Morgan fingerprint density at radius 1 is 1.19 bits per heavy atom. The van der Waals surface area contributed by atoms with Crippen LogP contribution in [0.1, 0.15) is 28.4 Å². The molecule has 0 bridgehead atoms.